The molecule has 0 amide bonds. The molecular formula is C13H8ClIO. The first-order chi connectivity index (χ1) is 7.68. The van der Waals surface area contributed by atoms with Gasteiger partial charge in [0.15, 0.2) is 5.78 Å². The van der Waals surface area contributed by atoms with E-state index < -0.39 is 0 Å². The topological polar surface area (TPSA) is 17.1 Å². The van der Waals surface area contributed by atoms with Gasteiger partial charge in [-0.05, 0) is 40.8 Å². The van der Waals surface area contributed by atoms with Gasteiger partial charge in [-0.25, -0.2) is 0 Å². The lowest BCUT2D eigenvalue weighted by Crippen LogP contribution is -2.00. The average molecular weight is 343 g/mol. The zero-order valence-electron chi connectivity index (χ0n) is 8.28. The van der Waals surface area contributed by atoms with Gasteiger partial charge in [-0.1, -0.05) is 41.9 Å². The van der Waals surface area contributed by atoms with Gasteiger partial charge in [0.25, 0.3) is 0 Å². The van der Waals surface area contributed by atoms with Gasteiger partial charge in [-0.3, -0.25) is 4.79 Å². The molecule has 0 fully saturated rings. The Morgan fingerprint density at radius 3 is 2.31 bits per heavy atom. The van der Waals surface area contributed by atoms with E-state index in [9.17, 15) is 4.79 Å². The van der Waals surface area contributed by atoms with Crippen LogP contribution < -0.4 is 0 Å². The largest absolute Gasteiger partial charge is 0.289 e. The quantitative estimate of drug-likeness (QED) is 0.591. The molecule has 0 unspecified atom stereocenters. The summed E-state index contributed by atoms with van der Waals surface area (Å²) in [6.45, 7) is 0. The van der Waals surface area contributed by atoms with Crippen LogP contribution in [0.25, 0.3) is 0 Å². The molecule has 2 aromatic carbocycles. The minimum absolute atomic E-state index is 0.00102. The zero-order valence-corrected chi connectivity index (χ0v) is 11.2. The zero-order chi connectivity index (χ0) is 11.5. The van der Waals surface area contributed by atoms with Crippen molar-refractivity contribution in [1.29, 1.82) is 0 Å². The van der Waals surface area contributed by atoms with Crippen LogP contribution in [0, 0.1) is 3.57 Å². The van der Waals surface area contributed by atoms with E-state index in [1.165, 1.54) is 0 Å². The number of rotatable bonds is 2. The molecule has 80 valence electrons. The second kappa shape index (κ2) is 4.97. The van der Waals surface area contributed by atoms with Crippen molar-refractivity contribution >= 4 is 40.0 Å². The molecular weight excluding hydrogens is 334 g/mol. The molecule has 0 aliphatic heterocycles. The summed E-state index contributed by atoms with van der Waals surface area (Å²) in [5.41, 5.74) is 1.30. The Labute approximate surface area is 113 Å². The highest BCUT2D eigenvalue weighted by atomic mass is 127. The van der Waals surface area contributed by atoms with Gasteiger partial charge in [0.05, 0.1) is 5.02 Å². The van der Waals surface area contributed by atoms with Gasteiger partial charge in [0.1, 0.15) is 0 Å². The van der Waals surface area contributed by atoms with E-state index in [1.54, 1.807) is 24.3 Å². The second-order valence-electron chi connectivity index (χ2n) is 3.32. The third-order valence-corrected chi connectivity index (χ3v) is 3.79. The minimum atomic E-state index is -0.00102. The SMILES string of the molecule is O=C(c1ccccc1)c1ccc(I)c(Cl)c1. The lowest BCUT2D eigenvalue weighted by Gasteiger charge is -2.02. The molecule has 1 nitrogen and oxygen atoms in total. The highest BCUT2D eigenvalue weighted by molar-refractivity contribution is 14.1. The molecule has 0 spiro atoms. The number of carbonyl (C=O) groups excluding carboxylic acids is 1. The Morgan fingerprint density at radius 1 is 1.00 bits per heavy atom. The van der Waals surface area contributed by atoms with E-state index in [0.29, 0.717) is 16.1 Å². The van der Waals surface area contributed by atoms with Crippen LogP contribution in [0.5, 0.6) is 0 Å². The maximum absolute atomic E-state index is 12.0. The summed E-state index contributed by atoms with van der Waals surface area (Å²) in [6, 6.07) is 14.5. The van der Waals surface area contributed by atoms with E-state index in [-0.39, 0.29) is 5.78 Å². The highest BCUT2D eigenvalue weighted by Crippen LogP contribution is 2.21. The molecule has 0 bridgehead atoms. The molecule has 0 radical (unpaired) electrons. The molecule has 0 aliphatic rings. The minimum Gasteiger partial charge on any atom is -0.289 e. The fourth-order valence-electron chi connectivity index (χ4n) is 1.39. The summed E-state index contributed by atoms with van der Waals surface area (Å²) < 4.78 is 0.948. The fourth-order valence-corrected chi connectivity index (χ4v) is 1.91. The van der Waals surface area contributed by atoms with Gasteiger partial charge in [0, 0.05) is 14.7 Å². The van der Waals surface area contributed by atoms with E-state index in [1.807, 2.05) is 24.3 Å². The van der Waals surface area contributed by atoms with Crippen LogP contribution in [0.2, 0.25) is 5.02 Å². The fraction of sp³-hybridized carbons (Fsp3) is 0. The molecule has 0 aromatic heterocycles. The van der Waals surface area contributed by atoms with Gasteiger partial charge in [-0.15, -0.1) is 0 Å². The first-order valence-electron chi connectivity index (χ1n) is 4.73. The molecule has 16 heavy (non-hydrogen) atoms. The first kappa shape index (κ1) is 11.6. The summed E-state index contributed by atoms with van der Waals surface area (Å²) in [5.74, 6) is -0.00102. The van der Waals surface area contributed by atoms with Gasteiger partial charge in [-0.2, -0.15) is 0 Å². The average Bonchev–Trinajstić information content (AvgIpc) is 2.33. The summed E-state index contributed by atoms with van der Waals surface area (Å²) in [7, 11) is 0. The number of hydrogen-bond donors (Lipinski definition) is 0. The number of ketones is 1. The Balaban J connectivity index is 2.39. The van der Waals surface area contributed by atoms with Crippen molar-refractivity contribution in [3.63, 3.8) is 0 Å². The van der Waals surface area contributed by atoms with Crippen molar-refractivity contribution in [3.8, 4) is 0 Å². The molecule has 0 heterocycles. The highest BCUT2D eigenvalue weighted by Gasteiger charge is 2.09. The van der Waals surface area contributed by atoms with Gasteiger partial charge >= 0.3 is 0 Å². The van der Waals surface area contributed by atoms with E-state index in [2.05, 4.69) is 22.6 Å². The number of carbonyl (C=O) groups is 1. The third kappa shape index (κ3) is 2.44. The Kier molecular flexibility index (Phi) is 3.61. The van der Waals surface area contributed by atoms with E-state index >= 15 is 0 Å². The maximum Gasteiger partial charge on any atom is 0.193 e. The lowest BCUT2D eigenvalue weighted by atomic mass is 10.0. The van der Waals surface area contributed by atoms with Crippen LogP contribution in [-0.2, 0) is 0 Å². The van der Waals surface area contributed by atoms with Gasteiger partial charge in [0.2, 0.25) is 0 Å². The molecule has 3 heteroatoms. The van der Waals surface area contributed by atoms with Crippen LogP contribution in [-0.4, -0.2) is 5.78 Å². The monoisotopic (exact) mass is 342 g/mol. The van der Waals surface area contributed by atoms with Crippen molar-refractivity contribution in [2.45, 2.75) is 0 Å². The lowest BCUT2D eigenvalue weighted by molar-refractivity contribution is 0.103. The van der Waals surface area contributed by atoms with Crippen molar-refractivity contribution in [2.24, 2.45) is 0 Å². The molecule has 0 saturated carbocycles. The third-order valence-electron chi connectivity index (χ3n) is 2.22. The summed E-state index contributed by atoms with van der Waals surface area (Å²) in [6.07, 6.45) is 0. The number of hydrogen-bond acceptors (Lipinski definition) is 1. The molecule has 2 aromatic rings. The van der Waals surface area contributed by atoms with E-state index in [4.69, 9.17) is 11.6 Å². The Hall–Kier alpha value is -0.870. The standard InChI is InChI=1S/C13H8ClIO/c14-11-8-10(6-7-12(11)15)13(16)9-4-2-1-3-5-9/h1-8H. The Morgan fingerprint density at radius 2 is 1.69 bits per heavy atom. The molecule has 2 rings (SSSR count). The number of benzene rings is 2. The normalized spacial score (nSPS) is 10.1. The molecule has 0 atom stereocenters. The maximum atomic E-state index is 12.0. The van der Waals surface area contributed by atoms with Crippen LogP contribution in [0.3, 0.4) is 0 Å². The summed E-state index contributed by atoms with van der Waals surface area (Å²) in [5, 5.41) is 0.613. The van der Waals surface area contributed by atoms with Gasteiger partial charge < -0.3 is 0 Å². The van der Waals surface area contributed by atoms with E-state index in [0.717, 1.165) is 3.57 Å². The van der Waals surface area contributed by atoms with Crippen molar-refractivity contribution in [2.75, 3.05) is 0 Å². The predicted molar refractivity (Wildman–Crippen MR) is 74.0 cm³/mol. The van der Waals surface area contributed by atoms with Crippen molar-refractivity contribution < 1.29 is 4.79 Å². The van der Waals surface area contributed by atoms with Crippen LogP contribution in [0.4, 0.5) is 0 Å². The first-order valence-corrected chi connectivity index (χ1v) is 6.19. The van der Waals surface area contributed by atoms with Crippen molar-refractivity contribution in [1.82, 2.24) is 0 Å². The van der Waals surface area contributed by atoms with Crippen LogP contribution in [0.15, 0.2) is 48.5 Å². The molecule has 0 aliphatic carbocycles. The second-order valence-corrected chi connectivity index (χ2v) is 4.89. The van der Waals surface area contributed by atoms with Crippen LogP contribution >= 0.6 is 34.2 Å². The molecule has 0 saturated heterocycles. The smallest absolute Gasteiger partial charge is 0.193 e. The van der Waals surface area contributed by atoms with Crippen LogP contribution in [0.1, 0.15) is 15.9 Å². The summed E-state index contributed by atoms with van der Waals surface area (Å²) >= 11 is 8.12. The Bertz CT molecular complexity index is 523. The van der Waals surface area contributed by atoms with Crippen molar-refractivity contribution in [3.05, 3.63) is 68.3 Å². The predicted octanol–water partition coefficient (Wildman–Crippen LogP) is 4.18. The number of halogens is 2. The molecule has 0 N–H and O–H groups in total. The summed E-state index contributed by atoms with van der Waals surface area (Å²) in [4.78, 5) is 12.0.